The number of carbonyl (C=O) groups excluding carboxylic acids is 1. The molecule has 0 aliphatic heterocycles. The molecule has 30 heavy (non-hydrogen) atoms. The molecule has 7 nitrogen and oxygen atoms in total. The lowest BCUT2D eigenvalue weighted by Crippen LogP contribution is -2.47. The summed E-state index contributed by atoms with van der Waals surface area (Å²) in [6.07, 6.45) is -0.101. The smallest absolute Gasteiger partial charge is 0.336 e. The Morgan fingerprint density at radius 1 is 1.13 bits per heavy atom. The highest BCUT2D eigenvalue weighted by Crippen LogP contribution is 2.23. The van der Waals surface area contributed by atoms with Crippen LogP contribution in [0.1, 0.15) is 25.0 Å². The number of amides is 1. The maximum absolute atomic E-state index is 12.5. The Hall–Kier alpha value is -3.61. The van der Waals surface area contributed by atoms with Crippen molar-refractivity contribution < 1.29 is 23.8 Å². The summed E-state index contributed by atoms with van der Waals surface area (Å²) in [6, 6.07) is 14.4. The molecule has 0 radical (unpaired) electrons. The van der Waals surface area contributed by atoms with Gasteiger partial charge in [-0.1, -0.05) is 37.3 Å². The van der Waals surface area contributed by atoms with E-state index in [1.54, 1.807) is 30.3 Å². The van der Waals surface area contributed by atoms with Crippen molar-refractivity contribution in [2.45, 2.75) is 38.8 Å². The zero-order valence-corrected chi connectivity index (χ0v) is 16.8. The number of aryl methyl sites for hydroxylation is 1. The van der Waals surface area contributed by atoms with Crippen molar-refractivity contribution in [1.82, 2.24) is 5.32 Å². The third-order valence-electron chi connectivity index (χ3n) is 4.76. The molecule has 0 saturated heterocycles. The van der Waals surface area contributed by atoms with Crippen LogP contribution in [0.5, 0.6) is 5.75 Å². The van der Waals surface area contributed by atoms with Crippen LogP contribution in [0.3, 0.4) is 0 Å². The molecule has 7 heteroatoms. The lowest BCUT2D eigenvalue weighted by Gasteiger charge is -2.19. The fourth-order valence-corrected chi connectivity index (χ4v) is 3.17. The number of aliphatic carboxylic acids is 1. The van der Waals surface area contributed by atoms with E-state index in [1.165, 1.54) is 13.0 Å². The fourth-order valence-electron chi connectivity index (χ4n) is 3.17. The number of carboxylic acids is 1. The fraction of sp³-hybridized carbons (Fsp3) is 0.261. The normalized spacial score (nSPS) is 12.9. The van der Waals surface area contributed by atoms with E-state index >= 15 is 0 Å². The quantitative estimate of drug-likeness (QED) is 0.554. The van der Waals surface area contributed by atoms with Gasteiger partial charge in [0.05, 0.1) is 0 Å². The second-order valence-corrected chi connectivity index (χ2v) is 6.95. The summed E-state index contributed by atoms with van der Waals surface area (Å²) in [5, 5.41) is 12.8. The number of nitrogens with one attached hydrogen (secondary N) is 1. The molecule has 0 fully saturated rings. The monoisotopic (exact) mass is 409 g/mol. The van der Waals surface area contributed by atoms with Gasteiger partial charge in [-0.05, 0) is 36.6 Å². The molecule has 2 atom stereocenters. The Morgan fingerprint density at radius 3 is 2.53 bits per heavy atom. The first kappa shape index (κ1) is 21.1. The lowest BCUT2D eigenvalue weighted by atomic mass is 10.1. The summed E-state index contributed by atoms with van der Waals surface area (Å²) in [5.41, 5.74) is 1.59. The number of carbonyl (C=O) groups is 2. The van der Waals surface area contributed by atoms with Gasteiger partial charge in [-0.2, -0.15) is 0 Å². The van der Waals surface area contributed by atoms with Crippen molar-refractivity contribution >= 4 is 22.8 Å². The molecule has 0 saturated carbocycles. The molecule has 1 unspecified atom stereocenters. The molecule has 1 amide bonds. The second kappa shape index (κ2) is 9.26. The van der Waals surface area contributed by atoms with E-state index in [-0.39, 0.29) is 6.42 Å². The topological polar surface area (TPSA) is 106 Å². The summed E-state index contributed by atoms with van der Waals surface area (Å²) < 4.78 is 10.9. The molecule has 1 heterocycles. The van der Waals surface area contributed by atoms with Crippen molar-refractivity contribution in [2.75, 3.05) is 0 Å². The molecule has 0 spiro atoms. The molecular weight excluding hydrogens is 386 g/mol. The number of hydrogen-bond donors (Lipinski definition) is 2. The summed E-state index contributed by atoms with van der Waals surface area (Å²) in [6.45, 7) is 3.47. The van der Waals surface area contributed by atoms with Gasteiger partial charge in [-0.3, -0.25) is 4.79 Å². The van der Waals surface area contributed by atoms with Crippen molar-refractivity contribution in [1.29, 1.82) is 0 Å². The van der Waals surface area contributed by atoms with Gasteiger partial charge in [-0.15, -0.1) is 0 Å². The highest BCUT2D eigenvalue weighted by atomic mass is 16.5. The van der Waals surface area contributed by atoms with Crippen LogP contribution < -0.4 is 15.7 Å². The van der Waals surface area contributed by atoms with Gasteiger partial charge >= 0.3 is 11.6 Å². The predicted molar refractivity (Wildman–Crippen MR) is 112 cm³/mol. The molecule has 3 aromatic rings. The van der Waals surface area contributed by atoms with E-state index in [0.29, 0.717) is 17.8 Å². The molecule has 2 N–H and O–H groups in total. The number of rotatable bonds is 8. The van der Waals surface area contributed by atoms with E-state index in [4.69, 9.17) is 9.15 Å². The Kier molecular flexibility index (Phi) is 6.51. The van der Waals surface area contributed by atoms with Gasteiger partial charge in [0.25, 0.3) is 5.91 Å². The number of carboxylic acid groups (broad SMARTS) is 1. The van der Waals surface area contributed by atoms with Crippen LogP contribution in [0.15, 0.2) is 63.8 Å². The Labute approximate surface area is 173 Å². The lowest BCUT2D eigenvalue weighted by molar-refractivity contribution is -0.142. The minimum atomic E-state index is -1.13. The minimum Gasteiger partial charge on any atom is -0.481 e. The molecule has 2 aromatic carbocycles. The second-order valence-electron chi connectivity index (χ2n) is 6.95. The zero-order chi connectivity index (χ0) is 21.7. The van der Waals surface area contributed by atoms with Gasteiger partial charge < -0.3 is 19.6 Å². The van der Waals surface area contributed by atoms with Gasteiger partial charge in [0.1, 0.15) is 17.4 Å². The molecular formula is C23H23NO6. The van der Waals surface area contributed by atoms with Crippen molar-refractivity contribution in [2.24, 2.45) is 0 Å². The van der Waals surface area contributed by atoms with E-state index in [1.807, 2.05) is 25.1 Å². The van der Waals surface area contributed by atoms with Gasteiger partial charge in [0.15, 0.2) is 6.10 Å². The van der Waals surface area contributed by atoms with Crippen LogP contribution in [-0.2, 0) is 22.4 Å². The summed E-state index contributed by atoms with van der Waals surface area (Å²) in [5.74, 6) is -1.34. The average molecular weight is 409 g/mol. The van der Waals surface area contributed by atoms with Gasteiger partial charge in [0, 0.05) is 23.9 Å². The van der Waals surface area contributed by atoms with Crippen LogP contribution >= 0.6 is 0 Å². The highest BCUT2D eigenvalue weighted by molar-refractivity contribution is 5.87. The molecule has 0 aliphatic rings. The maximum Gasteiger partial charge on any atom is 0.336 e. The number of benzene rings is 2. The minimum absolute atomic E-state index is 0.162. The van der Waals surface area contributed by atoms with Crippen LogP contribution in [-0.4, -0.2) is 29.1 Å². The Morgan fingerprint density at radius 2 is 1.87 bits per heavy atom. The predicted octanol–water partition coefficient (Wildman–Crippen LogP) is 2.93. The first-order chi connectivity index (χ1) is 14.4. The average Bonchev–Trinajstić information content (AvgIpc) is 2.72. The first-order valence-corrected chi connectivity index (χ1v) is 9.68. The van der Waals surface area contributed by atoms with E-state index in [9.17, 15) is 19.5 Å². The standard InChI is InChI=1S/C23H23NO6/c1-3-16-12-21(25)30-20-13-17(9-10-18(16)20)29-14(2)22(26)24-19(23(27)28)11-15-7-5-4-6-8-15/h4-10,12-14,19H,3,11H2,1-2H3,(H,24,26)(H,27,28)/t14?,19-/m0/s1. The molecule has 3 rings (SSSR count). The molecule has 156 valence electrons. The summed E-state index contributed by atoms with van der Waals surface area (Å²) in [7, 11) is 0. The zero-order valence-electron chi connectivity index (χ0n) is 16.8. The van der Waals surface area contributed by atoms with Crippen LogP contribution in [0, 0.1) is 0 Å². The number of fused-ring (bicyclic) bond motifs is 1. The summed E-state index contributed by atoms with van der Waals surface area (Å²) >= 11 is 0. The van der Waals surface area contributed by atoms with E-state index < -0.39 is 29.6 Å². The third kappa shape index (κ3) is 5.05. The number of hydrogen-bond acceptors (Lipinski definition) is 5. The van der Waals surface area contributed by atoms with Gasteiger partial charge in [-0.25, -0.2) is 9.59 Å². The van der Waals surface area contributed by atoms with Crippen molar-refractivity contribution in [3.05, 3.63) is 76.1 Å². The Balaban J connectivity index is 1.71. The Bertz CT molecular complexity index is 1110. The largest absolute Gasteiger partial charge is 0.481 e. The summed E-state index contributed by atoms with van der Waals surface area (Å²) in [4.78, 5) is 35.8. The number of ether oxygens (including phenoxy) is 1. The molecule has 0 bridgehead atoms. The maximum atomic E-state index is 12.5. The highest BCUT2D eigenvalue weighted by Gasteiger charge is 2.24. The first-order valence-electron chi connectivity index (χ1n) is 9.68. The van der Waals surface area contributed by atoms with E-state index in [2.05, 4.69) is 5.32 Å². The van der Waals surface area contributed by atoms with Crippen LogP contribution in [0.25, 0.3) is 11.0 Å². The van der Waals surface area contributed by atoms with Crippen molar-refractivity contribution in [3.8, 4) is 5.75 Å². The van der Waals surface area contributed by atoms with Crippen LogP contribution in [0.4, 0.5) is 0 Å². The third-order valence-corrected chi connectivity index (χ3v) is 4.76. The molecule has 1 aromatic heterocycles. The van der Waals surface area contributed by atoms with Crippen LogP contribution in [0.2, 0.25) is 0 Å². The van der Waals surface area contributed by atoms with Gasteiger partial charge in [0.2, 0.25) is 0 Å². The van der Waals surface area contributed by atoms with Crippen molar-refractivity contribution in [3.63, 3.8) is 0 Å². The molecule has 0 aliphatic carbocycles. The SMILES string of the molecule is CCc1cc(=O)oc2cc(OC(C)C(=O)N[C@@H](Cc3ccccc3)C(=O)O)ccc12. The van der Waals surface area contributed by atoms with E-state index in [0.717, 1.165) is 16.5 Å².